The molecular weight excluding hydrogens is 166 g/mol. The van der Waals surface area contributed by atoms with Crippen molar-refractivity contribution in [2.24, 2.45) is 11.8 Å². The summed E-state index contributed by atoms with van der Waals surface area (Å²) in [4.78, 5) is 10.3. The van der Waals surface area contributed by atoms with Gasteiger partial charge in [0, 0.05) is 10.8 Å². The molecule has 0 amide bonds. The van der Waals surface area contributed by atoms with Gasteiger partial charge in [0.05, 0.1) is 0 Å². The van der Waals surface area contributed by atoms with Gasteiger partial charge in [-0.2, -0.15) is 0 Å². The van der Waals surface area contributed by atoms with Gasteiger partial charge in [-0.1, -0.05) is 26.2 Å². The maximum absolute atomic E-state index is 10.4. The highest BCUT2D eigenvalue weighted by Crippen LogP contribution is 2.31. The van der Waals surface area contributed by atoms with Crippen LogP contribution in [0.3, 0.4) is 0 Å². The summed E-state index contributed by atoms with van der Waals surface area (Å²) in [5.41, 5.74) is 0. The van der Waals surface area contributed by atoms with Crippen molar-refractivity contribution in [3.05, 3.63) is 10.1 Å². The Morgan fingerprint density at radius 1 is 1.38 bits per heavy atom. The lowest BCUT2D eigenvalue weighted by molar-refractivity contribution is -0.490. The third kappa shape index (κ3) is 3.33. The first kappa shape index (κ1) is 10.5. The van der Waals surface area contributed by atoms with Crippen LogP contribution < -0.4 is 0 Å². The molecule has 1 atom stereocenters. The average Bonchev–Trinajstić information content (AvgIpc) is 2.15. The summed E-state index contributed by atoms with van der Waals surface area (Å²) in [7, 11) is 0. The van der Waals surface area contributed by atoms with E-state index in [1.54, 1.807) is 0 Å². The Kier molecular flexibility index (Phi) is 4.19. The van der Waals surface area contributed by atoms with Gasteiger partial charge in [0.25, 0.3) is 0 Å². The molecule has 0 bridgehead atoms. The topological polar surface area (TPSA) is 43.1 Å². The Bertz CT molecular complexity index is 164. The molecule has 0 radical (unpaired) electrons. The molecule has 0 saturated heterocycles. The summed E-state index contributed by atoms with van der Waals surface area (Å²) < 4.78 is 0. The van der Waals surface area contributed by atoms with Crippen LogP contribution in [0.4, 0.5) is 0 Å². The SMILES string of the molecule is CC[C@H](C[N+](=O)[O-])C1CCCCC1. The zero-order valence-corrected chi connectivity index (χ0v) is 8.37. The molecule has 0 spiro atoms. The van der Waals surface area contributed by atoms with Crippen molar-refractivity contribution >= 4 is 0 Å². The predicted octanol–water partition coefficient (Wildman–Crippen LogP) is 2.87. The molecule has 1 aliphatic carbocycles. The lowest BCUT2D eigenvalue weighted by Crippen LogP contribution is -2.24. The van der Waals surface area contributed by atoms with E-state index in [2.05, 4.69) is 6.92 Å². The highest BCUT2D eigenvalue weighted by Gasteiger charge is 2.25. The van der Waals surface area contributed by atoms with E-state index < -0.39 is 0 Å². The monoisotopic (exact) mass is 185 g/mol. The molecule has 0 aromatic rings. The Morgan fingerprint density at radius 3 is 2.46 bits per heavy atom. The smallest absolute Gasteiger partial charge is 0.206 e. The molecule has 0 unspecified atom stereocenters. The Balaban J connectivity index is 2.39. The Labute approximate surface area is 79.7 Å². The molecule has 76 valence electrons. The number of nitro groups is 1. The fourth-order valence-corrected chi connectivity index (χ4v) is 2.41. The molecule has 1 fully saturated rings. The van der Waals surface area contributed by atoms with E-state index in [0.717, 1.165) is 6.42 Å². The fraction of sp³-hybridized carbons (Fsp3) is 1.00. The van der Waals surface area contributed by atoms with E-state index in [1.807, 2.05) is 0 Å². The minimum Gasteiger partial charge on any atom is -0.265 e. The second-order valence-corrected chi connectivity index (χ2v) is 4.08. The van der Waals surface area contributed by atoms with E-state index in [9.17, 15) is 10.1 Å². The molecule has 13 heavy (non-hydrogen) atoms. The third-order valence-corrected chi connectivity index (χ3v) is 3.22. The number of rotatable bonds is 4. The second-order valence-electron chi connectivity index (χ2n) is 4.08. The summed E-state index contributed by atoms with van der Waals surface area (Å²) >= 11 is 0. The van der Waals surface area contributed by atoms with Crippen molar-refractivity contribution in [3.63, 3.8) is 0 Å². The van der Waals surface area contributed by atoms with Gasteiger partial charge in [0.2, 0.25) is 6.54 Å². The first-order valence-electron chi connectivity index (χ1n) is 5.35. The van der Waals surface area contributed by atoms with Crippen LogP contribution >= 0.6 is 0 Å². The molecular formula is C10H19NO2. The van der Waals surface area contributed by atoms with Crippen molar-refractivity contribution in [1.29, 1.82) is 0 Å². The first-order valence-corrected chi connectivity index (χ1v) is 5.35. The van der Waals surface area contributed by atoms with Crippen LogP contribution in [0, 0.1) is 22.0 Å². The maximum Gasteiger partial charge on any atom is 0.206 e. The van der Waals surface area contributed by atoms with Crippen molar-refractivity contribution in [1.82, 2.24) is 0 Å². The van der Waals surface area contributed by atoms with Gasteiger partial charge in [0.15, 0.2) is 0 Å². The van der Waals surface area contributed by atoms with Gasteiger partial charge in [-0.25, -0.2) is 0 Å². The van der Waals surface area contributed by atoms with Crippen LogP contribution in [0.5, 0.6) is 0 Å². The van der Waals surface area contributed by atoms with Gasteiger partial charge in [-0.05, 0) is 25.2 Å². The normalized spacial score (nSPS) is 21.3. The minimum absolute atomic E-state index is 0.150. The molecule has 0 aliphatic heterocycles. The first-order chi connectivity index (χ1) is 6.24. The van der Waals surface area contributed by atoms with E-state index in [-0.39, 0.29) is 11.5 Å². The molecule has 0 heterocycles. The number of hydrogen-bond donors (Lipinski definition) is 0. The van der Waals surface area contributed by atoms with Gasteiger partial charge < -0.3 is 0 Å². The van der Waals surface area contributed by atoms with Crippen LogP contribution in [0.2, 0.25) is 0 Å². The molecule has 1 saturated carbocycles. The average molecular weight is 185 g/mol. The summed E-state index contributed by atoms with van der Waals surface area (Å²) in [6, 6.07) is 0. The maximum atomic E-state index is 10.4. The number of hydrogen-bond acceptors (Lipinski definition) is 2. The van der Waals surface area contributed by atoms with Gasteiger partial charge in [0.1, 0.15) is 0 Å². The molecule has 0 aromatic heterocycles. The van der Waals surface area contributed by atoms with Crippen LogP contribution in [-0.4, -0.2) is 11.5 Å². The molecule has 1 aliphatic rings. The van der Waals surface area contributed by atoms with E-state index in [4.69, 9.17) is 0 Å². The molecule has 3 nitrogen and oxygen atoms in total. The fourth-order valence-electron chi connectivity index (χ4n) is 2.41. The minimum atomic E-state index is -0.150. The summed E-state index contributed by atoms with van der Waals surface area (Å²) in [6.07, 6.45) is 7.27. The largest absolute Gasteiger partial charge is 0.265 e. The molecule has 0 aromatic carbocycles. The third-order valence-electron chi connectivity index (χ3n) is 3.22. The summed E-state index contributed by atoms with van der Waals surface area (Å²) in [6.45, 7) is 2.25. The summed E-state index contributed by atoms with van der Waals surface area (Å²) in [5, 5.41) is 10.4. The Hall–Kier alpha value is -0.600. The van der Waals surface area contributed by atoms with E-state index in [0.29, 0.717) is 11.8 Å². The molecule has 1 rings (SSSR count). The molecule has 0 N–H and O–H groups in total. The van der Waals surface area contributed by atoms with Gasteiger partial charge in [-0.3, -0.25) is 10.1 Å². The lowest BCUT2D eigenvalue weighted by Gasteiger charge is -2.26. The van der Waals surface area contributed by atoms with Crippen molar-refractivity contribution in [2.75, 3.05) is 6.54 Å². The van der Waals surface area contributed by atoms with E-state index >= 15 is 0 Å². The zero-order valence-electron chi connectivity index (χ0n) is 8.37. The standard InChI is InChI=1S/C10H19NO2/c1-2-9(8-11(12)13)10-6-4-3-5-7-10/h9-10H,2-8H2,1H3/t9-/m1/s1. The Morgan fingerprint density at radius 2 is 2.00 bits per heavy atom. The van der Waals surface area contributed by atoms with Gasteiger partial charge >= 0.3 is 0 Å². The predicted molar refractivity (Wildman–Crippen MR) is 52.2 cm³/mol. The molecule has 3 heteroatoms. The van der Waals surface area contributed by atoms with Crippen LogP contribution in [0.15, 0.2) is 0 Å². The quantitative estimate of drug-likeness (QED) is 0.499. The number of nitrogens with zero attached hydrogens (tertiary/aromatic N) is 1. The summed E-state index contributed by atoms with van der Waals surface area (Å²) in [5.74, 6) is 0.958. The highest BCUT2D eigenvalue weighted by atomic mass is 16.6. The van der Waals surface area contributed by atoms with Crippen LogP contribution in [0.25, 0.3) is 0 Å². The van der Waals surface area contributed by atoms with Crippen molar-refractivity contribution in [2.45, 2.75) is 45.4 Å². The van der Waals surface area contributed by atoms with Gasteiger partial charge in [-0.15, -0.1) is 0 Å². The zero-order chi connectivity index (χ0) is 9.68. The van der Waals surface area contributed by atoms with Crippen LogP contribution in [0.1, 0.15) is 45.4 Å². The highest BCUT2D eigenvalue weighted by molar-refractivity contribution is 4.72. The second kappa shape index (κ2) is 5.20. The van der Waals surface area contributed by atoms with Crippen molar-refractivity contribution < 1.29 is 4.92 Å². The van der Waals surface area contributed by atoms with Crippen LogP contribution in [-0.2, 0) is 0 Å². The van der Waals surface area contributed by atoms with E-state index in [1.165, 1.54) is 32.1 Å². The lowest BCUT2D eigenvalue weighted by atomic mass is 9.79. The van der Waals surface area contributed by atoms with Crippen molar-refractivity contribution in [3.8, 4) is 0 Å².